The standard InChI is InChI=1S/C14H16O2S/c1-6-10-7-11(9(2)12(17)8-10)13(15)16-14(3,4)5/h1,7-8,17H,2-5H3. The third-order valence-electron chi connectivity index (χ3n) is 2.17. The first-order valence-electron chi connectivity index (χ1n) is 5.28. The second kappa shape index (κ2) is 4.85. The number of esters is 1. The fourth-order valence-electron chi connectivity index (χ4n) is 1.33. The van der Waals surface area contributed by atoms with Gasteiger partial charge in [-0.1, -0.05) is 5.92 Å². The normalized spacial score (nSPS) is 10.8. The summed E-state index contributed by atoms with van der Waals surface area (Å²) in [6.07, 6.45) is 5.33. The van der Waals surface area contributed by atoms with Crippen LogP contribution in [-0.2, 0) is 4.74 Å². The van der Waals surface area contributed by atoms with Crippen molar-refractivity contribution in [3.8, 4) is 12.3 Å². The molecule has 0 aliphatic carbocycles. The first-order valence-corrected chi connectivity index (χ1v) is 5.73. The van der Waals surface area contributed by atoms with Crippen molar-refractivity contribution in [2.45, 2.75) is 38.2 Å². The molecule has 0 unspecified atom stereocenters. The number of terminal acetylenes is 1. The van der Waals surface area contributed by atoms with Crippen molar-refractivity contribution in [3.05, 3.63) is 28.8 Å². The van der Waals surface area contributed by atoms with Crippen LogP contribution in [0.4, 0.5) is 0 Å². The van der Waals surface area contributed by atoms with E-state index in [0.29, 0.717) is 16.0 Å². The van der Waals surface area contributed by atoms with E-state index in [1.54, 1.807) is 12.1 Å². The summed E-state index contributed by atoms with van der Waals surface area (Å²) in [6, 6.07) is 3.41. The third kappa shape index (κ3) is 3.54. The Kier molecular flexibility index (Phi) is 3.90. The van der Waals surface area contributed by atoms with Crippen LogP contribution in [0.2, 0.25) is 0 Å². The minimum atomic E-state index is -0.521. The van der Waals surface area contributed by atoms with Gasteiger partial charge in [0, 0.05) is 10.5 Å². The molecular formula is C14H16O2S. The fraction of sp³-hybridized carbons (Fsp3) is 0.357. The zero-order valence-corrected chi connectivity index (χ0v) is 11.4. The van der Waals surface area contributed by atoms with Gasteiger partial charge in [0.1, 0.15) is 5.60 Å². The molecule has 90 valence electrons. The molecule has 2 nitrogen and oxygen atoms in total. The van der Waals surface area contributed by atoms with Crippen LogP contribution in [0.25, 0.3) is 0 Å². The largest absolute Gasteiger partial charge is 0.456 e. The van der Waals surface area contributed by atoms with Gasteiger partial charge >= 0.3 is 5.97 Å². The summed E-state index contributed by atoms with van der Waals surface area (Å²) in [5, 5.41) is 0. The smallest absolute Gasteiger partial charge is 0.338 e. The van der Waals surface area contributed by atoms with Crippen LogP contribution in [0.15, 0.2) is 17.0 Å². The number of rotatable bonds is 1. The lowest BCUT2D eigenvalue weighted by Crippen LogP contribution is -2.24. The minimum absolute atomic E-state index is 0.373. The summed E-state index contributed by atoms with van der Waals surface area (Å²) >= 11 is 4.29. The molecule has 0 radical (unpaired) electrons. The second-order valence-corrected chi connectivity index (χ2v) is 5.30. The van der Waals surface area contributed by atoms with Gasteiger partial charge in [0.2, 0.25) is 0 Å². The van der Waals surface area contributed by atoms with E-state index >= 15 is 0 Å². The summed E-state index contributed by atoms with van der Waals surface area (Å²) in [4.78, 5) is 12.7. The van der Waals surface area contributed by atoms with Gasteiger partial charge in [-0.15, -0.1) is 19.1 Å². The molecule has 0 fully saturated rings. The molecule has 1 aromatic carbocycles. The van der Waals surface area contributed by atoms with Gasteiger partial charge in [-0.25, -0.2) is 4.79 Å². The molecule has 0 saturated carbocycles. The molecule has 0 bridgehead atoms. The Labute approximate surface area is 108 Å². The van der Waals surface area contributed by atoms with Crippen LogP contribution in [0.1, 0.15) is 42.3 Å². The van der Waals surface area contributed by atoms with Gasteiger partial charge in [-0.2, -0.15) is 0 Å². The van der Waals surface area contributed by atoms with Gasteiger partial charge < -0.3 is 4.74 Å². The maximum Gasteiger partial charge on any atom is 0.338 e. The monoisotopic (exact) mass is 248 g/mol. The molecule has 1 aromatic rings. The Bertz CT molecular complexity index is 490. The highest BCUT2D eigenvalue weighted by atomic mass is 32.1. The highest BCUT2D eigenvalue weighted by Crippen LogP contribution is 2.22. The van der Waals surface area contributed by atoms with Crippen LogP contribution >= 0.6 is 12.6 Å². The number of hydrogen-bond donors (Lipinski definition) is 1. The number of carbonyl (C=O) groups excluding carboxylic acids is 1. The summed E-state index contributed by atoms with van der Waals surface area (Å²) in [6.45, 7) is 7.30. The Morgan fingerprint density at radius 3 is 2.47 bits per heavy atom. The topological polar surface area (TPSA) is 26.3 Å². The molecule has 1 rings (SSSR count). The highest BCUT2D eigenvalue weighted by Gasteiger charge is 2.20. The second-order valence-electron chi connectivity index (χ2n) is 4.81. The molecule has 0 aromatic heterocycles. The summed E-state index contributed by atoms with van der Waals surface area (Å²) in [7, 11) is 0. The molecule has 0 saturated heterocycles. The van der Waals surface area contributed by atoms with Crippen molar-refractivity contribution in [2.24, 2.45) is 0 Å². The lowest BCUT2D eigenvalue weighted by molar-refractivity contribution is 0.00684. The average molecular weight is 248 g/mol. The Morgan fingerprint density at radius 1 is 1.41 bits per heavy atom. The van der Waals surface area contributed by atoms with Crippen LogP contribution in [0, 0.1) is 19.3 Å². The summed E-state index contributed by atoms with van der Waals surface area (Å²) < 4.78 is 5.32. The van der Waals surface area contributed by atoms with Gasteiger partial charge in [0.05, 0.1) is 5.56 Å². The van der Waals surface area contributed by atoms with Gasteiger partial charge in [0.25, 0.3) is 0 Å². The van der Waals surface area contributed by atoms with Crippen LogP contribution < -0.4 is 0 Å². The number of thiol groups is 1. The predicted octanol–water partition coefficient (Wildman–Crippen LogP) is 3.22. The SMILES string of the molecule is C#Cc1cc(S)c(C)c(C(=O)OC(C)(C)C)c1. The number of carbonyl (C=O) groups is 1. The van der Waals surface area contributed by atoms with E-state index in [-0.39, 0.29) is 5.97 Å². The zero-order chi connectivity index (χ0) is 13.2. The van der Waals surface area contributed by atoms with Crippen LogP contribution in [-0.4, -0.2) is 11.6 Å². The quantitative estimate of drug-likeness (QED) is 0.469. The maximum absolute atomic E-state index is 12.0. The average Bonchev–Trinajstić information content (AvgIpc) is 2.19. The Morgan fingerprint density at radius 2 is 2.00 bits per heavy atom. The molecule has 0 N–H and O–H groups in total. The van der Waals surface area contributed by atoms with E-state index in [9.17, 15) is 4.79 Å². The molecule has 0 spiro atoms. The number of benzene rings is 1. The van der Waals surface area contributed by atoms with Crippen molar-refractivity contribution >= 4 is 18.6 Å². The van der Waals surface area contributed by atoms with Crippen molar-refractivity contribution in [3.63, 3.8) is 0 Å². The Balaban J connectivity index is 3.18. The first kappa shape index (κ1) is 13.7. The van der Waals surface area contributed by atoms with Crippen LogP contribution in [0.5, 0.6) is 0 Å². The summed E-state index contributed by atoms with van der Waals surface area (Å²) in [5.74, 6) is 2.12. The third-order valence-corrected chi connectivity index (χ3v) is 2.63. The number of ether oxygens (including phenoxy) is 1. The lowest BCUT2D eigenvalue weighted by atomic mass is 10.0. The van der Waals surface area contributed by atoms with Crippen molar-refractivity contribution < 1.29 is 9.53 Å². The summed E-state index contributed by atoms with van der Waals surface area (Å²) in [5.41, 5.74) is 1.36. The molecule has 3 heteroatoms. The molecule has 0 amide bonds. The predicted molar refractivity (Wildman–Crippen MR) is 71.5 cm³/mol. The van der Waals surface area contributed by atoms with E-state index in [1.807, 2.05) is 27.7 Å². The molecule has 0 aliphatic heterocycles. The van der Waals surface area contributed by atoms with Crippen molar-refractivity contribution in [1.82, 2.24) is 0 Å². The van der Waals surface area contributed by atoms with Gasteiger partial charge in [-0.05, 0) is 45.4 Å². The lowest BCUT2D eigenvalue weighted by Gasteiger charge is -2.20. The van der Waals surface area contributed by atoms with Gasteiger partial charge in [0.15, 0.2) is 0 Å². The van der Waals surface area contributed by atoms with E-state index in [2.05, 4.69) is 18.5 Å². The Hall–Kier alpha value is -1.40. The highest BCUT2D eigenvalue weighted by molar-refractivity contribution is 7.80. The minimum Gasteiger partial charge on any atom is -0.456 e. The van der Waals surface area contributed by atoms with E-state index in [1.165, 1.54) is 0 Å². The molecule has 0 aliphatic rings. The van der Waals surface area contributed by atoms with E-state index < -0.39 is 5.60 Å². The molecule has 17 heavy (non-hydrogen) atoms. The van der Waals surface area contributed by atoms with Crippen molar-refractivity contribution in [2.75, 3.05) is 0 Å². The van der Waals surface area contributed by atoms with Crippen LogP contribution in [0.3, 0.4) is 0 Å². The first-order chi connectivity index (χ1) is 7.74. The van der Waals surface area contributed by atoms with Gasteiger partial charge in [-0.3, -0.25) is 0 Å². The van der Waals surface area contributed by atoms with Crippen molar-refractivity contribution in [1.29, 1.82) is 0 Å². The number of hydrogen-bond acceptors (Lipinski definition) is 3. The van der Waals surface area contributed by atoms with E-state index in [4.69, 9.17) is 11.2 Å². The fourth-order valence-corrected chi connectivity index (χ4v) is 1.59. The zero-order valence-electron chi connectivity index (χ0n) is 10.5. The maximum atomic E-state index is 12.0. The molecule has 0 heterocycles. The molecular weight excluding hydrogens is 232 g/mol. The van der Waals surface area contributed by atoms with E-state index in [0.717, 1.165) is 5.56 Å². The molecule has 0 atom stereocenters.